The molecule has 1 fully saturated rings. The number of halogens is 3. The summed E-state index contributed by atoms with van der Waals surface area (Å²) in [5, 5.41) is 2.60. The minimum Gasteiger partial charge on any atom is -0.376 e. The molecule has 1 aliphatic rings. The summed E-state index contributed by atoms with van der Waals surface area (Å²) in [6.45, 7) is 2.64. The SMILES string of the molecule is COC1(CN=C(N)Nc2cc(F)ccc2F)CCC(C)CC1.I. The molecule has 1 aromatic carbocycles. The van der Waals surface area contributed by atoms with Crippen molar-refractivity contribution in [1.82, 2.24) is 0 Å². The summed E-state index contributed by atoms with van der Waals surface area (Å²) in [4.78, 5) is 4.25. The summed E-state index contributed by atoms with van der Waals surface area (Å²) in [7, 11) is 1.68. The van der Waals surface area contributed by atoms with Crippen LogP contribution in [-0.4, -0.2) is 25.2 Å². The number of nitrogens with two attached hydrogens (primary N) is 1. The highest BCUT2D eigenvalue weighted by Crippen LogP contribution is 2.34. The van der Waals surface area contributed by atoms with Gasteiger partial charge in [-0.1, -0.05) is 6.92 Å². The molecule has 3 N–H and O–H groups in total. The number of benzene rings is 1. The predicted molar refractivity (Wildman–Crippen MR) is 99.3 cm³/mol. The molecule has 0 saturated heterocycles. The minimum atomic E-state index is -0.576. The first kappa shape index (κ1) is 20.1. The van der Waals surface area contributed by atoms with E-state index in [0.717, 1.165) is 43.9 Å². The third-order valence-electron chi connectivity index (χ3n) is 4.35. The number of methoxy groups -OCH3 is 1. The summed E-state index contributed by atoms with van der Waals surface area (Å²) in [6, 6.07) is 3.15. The minimum absolute atomic E-state index is 0. The lowest BCUT2D eigenvalue weighted by molar-refractivity contribution is -0.0394. The number of hydrogen-bond donors (Lipinski definition) is 2. The van der Waals surface area contributed by atoms with Crippen molar-refractivity contribution in [3.8, 4) is 0 Å². The Balaban J connectivity index is 0.00000264. The number of hydrogen-bond acceptors (Lipinski definition) is 2. The van der Waals surface area contributed by atoms with Crippen LogP contribution in [0, 0.1) is 17.6 Å². The maximum absolute atomic E-state index is 13.5. The molecular formula is C16H24F2IN3O. The third-order valence-corrected chi connectivity index (χ3v) is 4.35. The van der Waals surface area contributed by atoms with E-state index in [1.165, 1.54) is 0 Å². The van der Waals surface area contributed by atoms with Gasteiger partial charge in [0.25, 0.3) is 0 Å². The van der Waals surface area contributed by atoms with E-state index in [1.54, 1.807) is 7.11 Å². The fraction of sp³-hybridized carbons (Fsp3) is 0.562. The monoisotopic (exact) mass is 439 g/mol. The van der Waals surface area contributed by atoms with Crippen LogP contribution >= 0.6 is 24.0 Å². The van der Waals surface area contributed by atoms with Crippen molar-refractivity contribution in [3.05, 3.63) is 29.8 Å². The molecule has 130 valence electrons. The Hall–Kier alpha value is -0.960. The molecule has 0 aromatic heterocycles. The summed E-state index contributed by atoms with van der Waals surface area (Å²) in [6.07, 6.45) is 4.04. The van der Waals surface area contributed by atoms with E-state index in [-0.39, 0.29) is 41.2 Å². The van der Waals surface area contributed by atoms with E-state index >= 15 is 0 Å². The van der Waals surface area contributed by atoms with Gasteiger partial charge in [-0.2, -0.15) is 0 Å². The predicted octanol–water partition coefficient (Wildman–Crippen LogP) is 3.90. The molecule has 0 aliphatic heterocycles. The topological polar surface area (TPSA) is 59.6 Å². The van der Waals surface area contributed by atoms with Crippen molar-refractivity contribution in [2.75, 3.05) is 19.0 Å². The van der Waals surface area contributed by atoms with Crippen molar-refractivity contribution < 1.29 is 13.5 Å². The Morgan fingerprint density at radius 1 is 1.39 bits per heavy atom. The van der Waals surface area contributed by atoms with Crippen molar-refractivity contribution in [3.63, 3.8) is 0 Å². The molecule has 1 saturated carbocycles. The largest absolute Gasteiger partial charge is 0.376 e. The number of rotatable bonds is 4. The molecule has 0 spiro atoms. The highest BCUT2D eigenvalue weighted by molar-refractivity contribution is 14.0. The molecule has 2 rings (SSSR count). The van der Waals surface area contributed by atoms with Gasteiger partial charge in [-0.25, -0.2) is 8.78 Å². The van der Waals surface area contributed by atoms with Crippen LogP contribution in [0.15, 0.2) is 23.2 Å². The molecule has 0 atom stereocenters. The molecule has 0 heterocycles. The van der Waals surface area contributed by atoms with Gasteiger partial charge < -0.3 is 15.8 Å². The Kier molecular flexibility index (Phi) is 7.66. The second kappa shape index (κ2) is 8.77. The fourth-order valence-electron chi connectivity index (χ4n) is 2.72. The van der Waals surface area contributed by atoms with E-state index in [2.05, 4.69) is 17.2 Å². The summed E-state index contributed by atoms with van der Waals surface area (Å²) >= 11 is 0. The molecular weight excluding hydrogens is 415 g/mol. The van der Waals surface area contributed by atoms with Crippen LogP contribution in [0.25, 0.3) is 0 Å². The van der Waals surface area contributed by atoms with Crippen LogP contribution in [0.2, 0.25) is 0 Å². The molecule has 1 aliphatic carbocycles. The van der Waals surface area contributed by atoms with Gasteiger partial charge in [0, 0.05) is 13.2 Å². The lowest BCUT2D eigenvalue weighted by Gasteiger charge is -2.37. The zero-order valence-electron chi connectivity index (χ0n) is 13.4. The van der Waals surface area contributed by atoms with Gasteiger partial charge in [0.15, 0.2) is 5.96 Å². The van der Waals surface area contributed by atoms with E-state index < -0.39 is 11.6 Å². The molecule has 7 heteroatoms. The number of ether oxygens (including phenoxy) is 1. The first-order valence-corrected chi connectivity index (χ1v) is 7.51. The zero-order valence-corrected chi connectivity index (χ0v) is 15.8. The van der Waals surface area contributed by atoms with Gasteiger partial charge in [0.1, 0.15) is 11.6 Å². The molecule has 23 heavy (non-hydrogen) atoms. The maximum atomic E-state index is 13.5. The van der Waals surface area contributed by atoms with Gasteiger partial charge >= 0.3 is 0 Å². The molecule has 1 aromatic rings. The summed E-state index contributed by atoms with van der Waals surface area (Å²) < 4.78 is 32.3. The number of nitrogens with zero attached hydrogens (tertiary/aromatic N) is 1. The standard InChI is InChI=1S/C16H23F2N3O.HI/c1-11-5-7-16(22-2,8-6-11)10-20-15(19)21-14-9-12(17)3-4-13(14)18;/h3-4,9,11H,5-8,10H2,1-2H3,(H3,19,20,21);1H. The first-order chi connectivity index (χ1) is 10.4. The average molecular weight is 439 g/mol. The van der Waals surface area contributed by atoms with Gasteiger partial charge in [0.2, 0.25) is 0 Å². The molecule has 0 bridgehead atoms. The highest BCUT2D eigenvalue weighted by Gasteiger charge is 2.34. The Morgan fingerprint density at radius 2 is 2.04 bits per heavy atom. The van der Waals surface area contributed by atoms with Gasteiger partial charge in [-0.3, -0.25) is 4.99 Å². The van der Waals surface area contributed by atoms with E-state index in [1.807, 2.05) is 0 Å². The van der Waals surface area contributed by atoms with Gasteiger partial charge in [-0.15, -0.1) is 24.0 Å². The number of aliphatic imine (C=N–C) groups is 1. The molecule has 0 unspecified atom stereocenters. The van der Waals surface area contributed by atoms with Crippen LogP contribution in [0.5, 0.6) is 0 Å². The second-order valence-electron chi connectivity index (χ2n) is 6.02. The van der Waals surface area contributed by atoms with Crippen molar-refractivity contribution in [2.45, 2.75) is 38.2 Å². The average Bonchev–Trinajstić information content (AvgIpc) is 2.51. The van der Waals surface area contributed by atoms with E-state index in [0.29, 0.717) is 12.5 Å². The number of guanidine groups is 1. The van der Waals surface area contributed by atoms with Crippen LogP contribution in [0.3, 0.4) is 0 Å². The van der Waals surface area contributed by atoms with Gasteiger partial charge in [-0.05, 0) is 43.7 Å². The lowest BCUT2D eigenvalue weighted by Crippen LogP contribution is -2.40. The number of anilines is 1. The fourth-order valence-corrected chi connectivity index (χ4v) is 2.72. The van der Waals surface area contributed by atoms with E-state index in [4.69, 9.17) is 10.5 Å². The summed E-state index contributed by atoms with van der Waals surface area (Å²) in [5.41, 5.74) is 5.45. The van der Waals surface area contributed by atoms with Crippen molar-refractivity contribution >= 4 is 35.6 Å². The molecule has 0 amide bonds. The van der Waals surface area contributed by atoms with Crippen LogP contribution in [0.4, 0.5) is 14.5 Å². The number of nitrogens with one attached hydrogen (secondary N) is 1. The Bertz CT molecular complexity index is 546. The normalized spacial score (nSPS) is 24.9. The smallest absolute Gasteiger partial charge is 0.193 e. The first-order valence-electron chi connectivity index (χ1n) is 7.51. The Morgan fingerprint density at radius 3 is 2.65 bits per heavy atom. The van der Waals surface area contributed by atoms with Crippen LogP contribution in [-0.2, 0) is 4.74 Å². The van der Waals surface area contributed by atoms with Gasteiger partial charge in [0.05, 0.1) is 17.8 Å². The Labute approximate surface area is 152 Å². The third kappa shape index (κ3) is 5.56. The van der Waals surface area contributed by atoms with E-state index in [9.17, 15) is 8.78 Å². The van der Waals surface area contributed by atoms with Crippen molar-refractivity contribution in [2.24, 2.45) is 16.6 Å². The summed E-state index contributed by atoms with van der Waals surface area (Å²) in [5.74, 6) is -0.359. The maximum Gasteiger partial charge on any atom is 0.193 e. The quantitative estimate of drug-likeness (QED) is 0.425. The second-order valence-corrected chi connectivity index (χ2v) is 6.02. The van der Waals surface area contributed by atoms with Crippen molar-refractivity contribution in [1.29, 1.82) is 0 Å². The zero-order chi connectivity index (χ0) is 16.2. The lowest BCUT2D eigenvalue weighted by atomic mass is 9.79. The molecule has 0 radical (unpaired) electrons. The highest BCUT2D eigenvalue weighted by atomic mass is 127. The van der Waals surface area contributed by atoms with Crippen LogP contribution < -0.4 is 11.1 Å². The van der Waals surface area contributed by atoms with Crippen LogP contribution in [0.1, 0.15) is 32.6 Å². The molecule has 4 nitrogen and oxygen atoms in total.